The number of thioether (sulfide) groups is 1. The third-order valence-corrected chi connectivity index (χ3v) is 7.95. The molecule has 40 heavy (non-hydrogen) atoms. The number of rotatable bonds is 14. The number of hydrogen-bond acceptors (Lipinski definition) is 8. The molecule has 0 bridgehead atoms. The number of carboxylic acids is 1. The first-order valence-electron chi connectivity index (χ1n) is 12.7. The largest absolute Gasteiger partial charge is 0.548 e. The number of aromatic nitrogens is 3. The van der Waals surface area contributed by atoms with Gasteiger partial charge >= 0.3 is 0 Å². The summed E-state index contributed by atoms with van der Waals surface area (Å²) in [6.45, 7) is 0. The maximum Gasteiger partial charge on any atom is 0.252 e. The van der Waals surface area contributed by atoms with Gasteiger partial charge in [0.15, 0.2) is 6.10 Å². The van der Waals surface area contributed by atoms with Crippen LogP contribution in [0.1, 0.15) is 44.7 Å². The number of halogens is 1. The van der Waals surface area contributed by atoms with E-state index in [-0.39, 0.29) is 12.2 Å². The molecule has 210 valence electrons. The number of carbonyl (C=O) groups is 2. The van der Waals surface area contributed by atoms with Gasteiger partial charge in [0.1, 0.15) is 16.6 Å². The zero-order chi connectivity index (χ0) is 28.5. The predicted octanol–water partition coefficient (Wildman–Crippen LogP) is 3.77. The average Bonchev–Trinajstić information content (AvgIpc) is 3.62. The Balaban J connectivity index is 1.61. The molecule has 8 nitrogen and oxygen atoms in total. The molecule has 1 N–H and O–H groups in total. The van der Waals surface area contributed by atoms with Crippen molar-refractivity contribution in [3.05, 3.63) is 99.8 Å². The van der Waals surface area contributed by atoms with E-state index in [1.165, 1.54) is 35.2 Å². The molecule has 0 saturated heterocycles. The number of carboxylic acid groups (broad SMARTS) is 1. The minimum Gasteiger partial charge on any atom is -0.548 e. The number of thiazole rings is 1. The number of aliphatic carboxylic acids is 1. The van der Waals surface area contributed by atoms with Crippen molar-refractivity contribution in [2.75, 3.05) is 12.0 Å². The van der Waals surface area contributed by atoms with Gasteiger partial charge in [0, 0.05) is 42.5 Å². The highest BCUT2D eigenvalue weighted by Crippen LogP contribution is 2.29. The Morgan fingerprint density at radius 1 is 1.20 bits per heavy atom. The summed E-state index contributed by atoms with van der Waals surface area (Å²) < 4.78 is 21.6. The van der Waals surface area contributed by atoms with E-state index in [9.17, 15) is 19.1 Å². The monoisotopic (exact) mass is 581 g/mol. The molecule has 0 spiro atoms. The van der Waals surface area contributed by atoms with Crippen molar-refractivity contribution < 1.29 is 23.8 Å². The quantitative estimate of drug-likeness (QED) is 0.242. The number of imidazole rings is 1. The zero-order valence-corrected chi connectivity index (χ0v) is 23.8. The number of amides is 1. The fourth-order valence-corrected chi connectivity index (χ4v) is 5.35. The minimum absolute atomic E-state index is 0.243. The maximum absolute atomic E-state index is 13.4. The molecule has 2 aromatic carbocycles. The van der Waals surface area contributed by atoms with Crippen molar-refractivity contribution in [2.24, 2.45) is 7.05 Å². The summed E-state index contributed by atoms with van der Waals surface area (Å²) in [6.07, 6.45) is 8.46. The van der Waals surface area contributed by atoms with Crippen LogP contribution in [0.25, 0.3) is 0 Å². The number of carbonyl (C=O) groups excluding carboxylic acids is 2. The van der Waals surface area contributed by atoms with Crippen LogP contribution in [0.5, 0.6) is 5.75 Å². The number of nitrogens with zero attached hydrogens (tertiary/aromatic N) is 3. The Morgan fingerprint density at radius 2 is 2.00 bits per heavy atom. The standard InChI is InChI=1S/C29H31FN4O4S2/c1-34-18-31-17-22(34)15-26(28-32-12-14-40-28)38-23-10-7-20(6-3-19-4-8-21(30)9-5-19)24(16-23)27(35)33-25(29(36)37)11-13-39-2/h4-5,7-10,12,14,16-18,25-26H,3,6,11,13,15H2,1-2H3,(H,33,35)(H,36,37)/p-1. The predicted molar refractivity (Wildman–Crippen MR) is 152 cm³/mol. The molecule has 4 aromatic rings. The summed E-state index contributed by atoms with van der Waals surface area (Å²) >= 11 is 2.96. The molecular weight excluding hydrogens is 551 g/mol. The fraction of sp³-hybridized carbons (Fsp3) is 0.310. The molecule has 2 atom stereocenters. The van der Waals surface area contributed by atoms with Crippen LogP contribution in [0.4, 0.5) is 4.39 Å². The third kappa shape index (κ3) is 7.92. The SMILES string of the molecule is CSCCC(NC(=O)c1cc(OC(Cc2cncn2C)c2nccs2)ccc1CCc1ccc(F)cc1)C(=O)[O-]. The Morgan fingerprint density at radius 3 is 2.65 bits per heavy atom. The van der Waals surface area contributed by atoms with Crippen LogP contribution >= 0.6 is 23.1 Å². The molecular formula is C29H30FN4O4S2-. The summed E-state index contributed by atoms with van der Waals surface area (Å²) in [6, 6.07) is 10.3. The number of benzene rings is 2. The smallest absolute Gasteiger partial charge is 0.252 e. The lowest BCUT2D eigenvalue weighted by Crippen LogP contribution is -2.48. The molecule has 2 heterocycles. The molecule has 0 radical (unpaired) electrons. The van der Waals surface area contributed by atoms with E-state index >= 15 is 0 Å². The van der Waals surface area contributed by atoms with Gasteiger partial charge in [0.05, 0.1) is 18.3 Å². The zero-order valence-electron chi connectivity index (χ0n) is 22.2. The van der Waals surface area contributed by atoms with Gasteiger partial charge in [0.2, 0.25) is 0 Å². The van der Waals surface area contributed by atoms with Crippen molar-refractivity contribution in [1.29, 1.82) is 0 Å². The van der Waals surface area contributed by atoms with Crippen molar-refractivity contribution >= 4 is 35.0 Å². The van der Waals surface area contributed by atoms with Crippen LogP contribution in [-0.4, -0.2) is 44.5 Å². The summed E-state index contributed by atoms with van der Waals surface area (Å²) in [5.74, 6) is -1.16. The van der Waals surface area contributed by atoms with Crippen molar-refractivity contribution in [1.82, 2.24) is 19.9 Å². The van der Waals surface area contributed by atoms with Crippen LogP contribution < -0.4 is 15.2 Å². The molecule has 0 saturated carbocycles. The highest BCUT2D eigenvalue weighted by atomic mass is 32.2. The summed E-state index contributed by atoms with van der Waals surface area (Å²) in [5, 5.41) is 17.0. The van der Waals surface area contributed by atoms with Crippen molar-refractivity contribution in [3.63, 3.8) is 0 Å². The van der Waals surface area contributed by atoms with Crippen LogP contribution in [0, 0.1) is 5.82 Å². The summed E-state index contributed by atoms with van der Waals surface area (Å²) in [4.78, 5) is 33.8. The van der Waals surface area contributed by atoms with Crippen molar-refractivity contribution in [3.8, 4) is 5.75 Å². The second-order valence-electron chi connectivity index (χ2n) is 9.25. The number of nitrogens with one attached hydrogen (secondary N) is 1. The average molecular weight is 582 g/mol. The Labute approximate surface area is 240 Å². The Kier molecular flexibility index (Phi) is 10.3. The molecule has 2 unspecified atom stereocenters. The molecule has 0 aliphatic carbocycles. The normalized spacial score (nSPS) is 12.6. The van der Waals surface area contributed by atoms with Gasteiger partial charge in [0.25, 0.3) is 5.91 Å². The van der Waals surface area contributed by atoms with Gasteiger partial charge in [-0.3, -0.25) is 4.79 Å². The molecule has 0 aliphatic rings. The van der Waals surface area contributed by atoms with Gasteiger partial charge in [-0.2, -0.15) is 11.8 Å². The second-order valence-corrected chi connectivity index (χ2v) is 11.2. The first-order chi connectivity index (χ1) is 19.3. The number of aryl methyl sites for hydroxylation is 3. The van der Waals surface area contributed by atoms with Crippen LogP contribution in [0.2, 0.25) is 0 Å². The topological polar surface area (TPSA) is 109 Å². The maximum atomic E-state index is 13.4. The first kappa shape index (κ1) is 29.3. The lowest BCUT2D eigenvalue weighted by Gasteiger charge is -2.22. The molecule has 2 aromatic heterocycles. The second kappa shape index (κ2) is 14.1. The summed E-state index contributed by atoms with van der Waals surface area (Å²) in [7, 11) is 1.91. The molecule has 4 rings (SSSR count). The van der Waals surface area contributed by atoms with Crippen LogP contribution in [-0.2, 0) is 31.1 Å². The van der Waals surface area contributed by atoms with E-state index in [0.29, 0.717) is 41.9 Å². The Hall–Kier alpha value is -3.70. The molecule has 11 heteroatoms. The molecule has 1 amide bonds. The number of ether oxygens (including phenoxy) is 1. The number of hydrogen-bond donors (Lipinski definition) is 1. The van der Waals surface area contributed by atoms with E-state index in [1.807, 2.05) is 29.3 Å². The van der Waals surface area contributed by atoms with E-state index in [4.69, 9.17) is 4.74 Å². The van der Waals surface area contributed by atoms with Gasteiger partial charge in [-0.15, -0.1) is 11.3 Å². The third-order valence-electron chi connectivity index (χ3n) is 6.44. The van der Waals surface area contributed by atoms with Crippen LogP contribution in [0.15, 0.2) is 66.6 Å². The Bertz CT molecular complexity index is 1410. The van der Waals surface area contributed by atoms with E-state index < -0.39 is 24.0 Å². The van der Waals surface area contributed by atoms with Gasteiger partial charge in [-0.25, -0.2) is 14.4 Å². The van der Waals surface area contributed by atoms with E-state index in [0.717, 1.165) is 16.3 Å². The lowest BCUT2D eigenvalue weighted by atomic mass is 9.98. The van der Waals surface area contributed by atoms with Gasteiger partial charge in [-0.05, 0) is 66.7 Å². The highest BCUT2D eigenvalue weighted by Gasteiger charge is 2.22. The molecule has 0 fully saturated rings. The first-order valence-corrected chi connectivity index (χ1v) is 15.0. The minimum atomic E-state index is -1.33. The van der Waals surface area contributed by atoms with Gasteiger partial charge in [-0.1, -0.05) is 18.2 Å². The van der Waals surface area contributed by atoms with Crippen molar-refractivity contribution in [2.45, 2.75) is 37.8 Å². The van der Waals surface area contributed by atoms with E-state index in [2.05, 4.69) is 15.3 Å². The fourth-order valence-electron chi connectivity index (χ4n) is 4.22. The summed E-state index contributed by atoms with van der Waals surface area (Å²) in [5.41, 5.74) is 2.90. The lowest BCUT2D eigenvalue weighted by molar-refractivity contribution is -0.308. The van der Waals surface area contributed by atoms with Crippen LogP contribution in [0.3, 0.4) is 0 Å². The van der Waals surface area contributed by atoms with Gasteiger partial charge < -0.3 is 24.5 Å². The molecule has 0 aliphatic heterocycles. The van der Waals surface area contributed by atoms with E-state index in [1.54, 1.807) is 43.0 Å². The highest BCUT2D eigenvalue weighted by molar-refractivity contribution is 7.98.